The molecule has 0 saturated heterocycles. The van der Waals surface area contributed by atoms with E-state index in [2.05, 4.69) is 51.0 Å². The first kappa shape index (κ1) is 14.7. The van der Waals surface area contributed by atoms with Gasteiger partial charge in [-0.2, -0.15) is 0 Å². The lowest BCUT2D eigenvalue weighted by atomic mass is 10.0. The Bertz CT molecular complexity index is 333. The van der Waals surface area contributed by atoms with Gasteiger partial charge in [0.2, 0.25) is 0 Å². The molecule has 0 aromatic carbocycles. The quantitative estimate of drug-likeness (QED) is 0.841. The van der Waals surface area contributed by atoms with Crippen molar-refractivity contribution in [3.63, 3.8) is 0 Å². The van der Waals surface area contributed by atoms with Gasteiger partial charge in [0, 0.05) is 17.0 Å². The summed E-state index contributed by atoms with van der Waals surface area (Å²) < 4.78 is 0. The molecule has 2 N–H and O–H groups in total. The number of hydrogen-bond donors (Lipinski definition) is 1. The Morgan fingerprint density at radius 3 is 2.35 bits per heavy atom. The van der Waals surface area contributed by atoms with Crippen LogP contribution >= 0.6 is 11.3 Å². The summed E-state index contributed by atoms with van der Waals surface area (Å²) in [5.74, 6) is 0. The van der Waals surface area contributed by atoms with Crippen LogP contribution in [0.4, 0.5) is 0 Å². The van der Waals surface area contributed by atoms with Crippen molar-refractivity contribution < 1.29 is 0 Å². The molecule has 1 aromatic heterocycles. The molecule has 3 atom stereocenters. The summed E-state index contributed by atoms with van der Waals surface area (Å²) in [6, 6.07) is 3.30. The lowest BCUT2D eigenvalue weighted by Crippen LogP contribution is -2.43. The monoisotopic (exact) mass is 254 g/mol. The SMILES string of the molecule is CCC(C)N(CC)C(c1sccc1C)C(C)N. The lowest BCUT2D eigenvalue weighted by molar-refractivity contribution is 0.133. The molecule has 0 spiro atoms. The number of hydrogen-bond acceptors (Lipinski definition) is 3. The first-order chi connectivity index (χ1) is 8.02. The van der Waals surface area contributed by atoms with Crippen LogP contribution in [-0.2, 0) is 0 Å². The van der Waals surface area contributed by atoms with E-state index in [-0.39, 0.29) is 6.04 Å². The summed E-state index contributed by atoms with van der Waals surface area (Å²) in [6.07, 6.45) is 1.17. The molecule has 3 heteroatoms. The molecule has 0 aliphatic rings. The highest BCUT2D eigenvalue weighted by Gasteiger charge is 2.27. The standard InChI is InChI=1S/C14H26N2S/c1-6-11(4)16(7-2)13(12(5)15)14-10(3)8-9-17-14/h8-9,11-13H,6-7,15H2,1-5H3. The minimum Gasteiger partial charge on any atom is -0.326 e. The van der Waals surface area contributed by atoms with Gasteiger partial charge in [0.05, 0.1) is 6.04 Å². The van der Waals surface area contributed by atoms with Crippen molar-refractivity contribution in [3.05, 3.63) is 21.9 Å². The Hall–Kier alpha value is -0.380. The van der Waals surface area contributed by atoms with E-state index in [1.54, 1.807) is 0 Å². The third-order valence-corrected chi connectivity index (χ3v) is 4.64. The molecule has 2 nitrogen and oxygen atoms in total. The van der Waals surface area contributed by atoms with Gasteiger partial charge < -0.3 is 5.73 Å². The largest absolute Gasteiger partial charge is 0.326 e. The lowest BCUT2D eigenvalue weighted by Gasteiger charge is -2.37. The maximum absolute atomic E-state index is 6.23. The summed E-state index contributed by atoms with van der Waals surface area (Å²) in [7, 11) is 0. The van der Waals surface area contributed by atoms with Crippen LogP contribution in [0.15, 0.2) is 11.4 Å². The number of thiophene rings is 1. The molecule has 0 bridgehead atoms. The summed E-state index contributed by atoms with van der Waals surface area (Å²) in [5.41, 5.74) is 7.60. The number of aryl methyl sites for hydroxylation is 1. The van der Waals surface area contributed by atoms with Crippen LogP contribution in [0.25, 0.3) is 0 Å². The first-order valence-electron chi connectivity index (χ1n) is 6.58. The fourth-order valence-corrected chi connectivity index (χ4v) is 3.56. The van der Waals surface area contributed by atoms with Gasteiger partial charge in [-0.25, -0.2) is 0 Å². The zero-order chi connectivity index (χ0) is 13.0. The maximum Gasteiger partial charge on any atom is 0.0595 e. The Kier molecular flexibility index (Phi) is 5.63. The molecule has 0 radical (unpaired) electrons. The Morgan fingerprint density at radius 2 is 2.00 bits per heavy atom. The van der Waals surface area contributed by atoms with Gasteiger partial charge in [-0.15, -0.1) is 11.3 Å². The molecule has 1 aromatic rings. The highest BCUT2D eigenvalue weighted by Crippen LogP contribution is 2.32. The van der Waals surface area contributed by atoms with Crippen molar-refractivity contribution in [2.75, 3.05) is 6.54 Å². The molecule has 1 rings (SSSR count). The minimum absolute atomic E-state index is 0.168. The Balaban J connectivity index is 3.04. The van der Waals surface area contributed by atoms with E-state index in [9.17, 15) is 0 Å². The van der Waals surface area contributed by atoms with Gasteiger partial charge in [-0.05, 0) is 50.7 Å². The van der Waals surface area contributed by atoms with E-state index in [1.807, 2.05) is 11.3 Å². The minimum atomic E-state index is 0.168. The second kappa shape index (κ2) is 6.53. The molecule has 0 saturated carbocycles. The molecule has 0 amide bonds. The van der Waals surface area contributed by atoms with Crippen LogP contribution in [-0.4, -0.2) is 23.5 Å². The summed E-state index contributed by atoms with van der Waals surface area (Å²) >= 11 is 1.84. The fourth-order valence-electron chi connectivity index (χ4n) is 2.40. The molecule has 0 aliphatic heterocycles. The average molecular weight is 254 g/mol. The van der Waals surface area contributed by atoms with Gasteiger partial charge in [0.15, 0.2) is 0 Å². The average Bonchev–Trinajstić information content (AvgIpc) is 2.70. The van der Waals surface area contributed by atoms with Crippen molar-refractivity contribution in [2.24, 2.45) is 5.73 Å². The highest BCUT2D eigenvalue weighted by atomic mass is 32.1. The number of nitrogens with two attached hydrogens (primary N) is 1. The van der Waals surface area contributed by atoms with Crippen LogP contribution in [0.2, 0.25) is 0 Å². The van der Waals surface area contributed by atoms with E-state index in [0.717, 1.165) is 6.54 Å². The zero-order valence-electron chi connectivity index (χ0n) is 11.7. The Morgan fingerprint density at radius 1 is 1.35 bits per heavy atom. The van der Waals surface area contributed by atoms with Gasteiger partial charge in [-0.3, -0.25) is 4.90 Å². The van der Waals surface area contributed by atoms with Gasteiger partial charge >= 0.3 is 0 Å². The van der Waals surface area contributed by atoms with Gasteiger partial charge in [0.25, 0.3) is 0 Å². The van der Waals surface area contributed by atoms with Gasteiger partial charge in [-0.1, -0.05) is 13.8 Å². The van der Waals surface area contributed by atoms with Crippen molar-refractivity contribution in [1.82, 2.24) is 4.90 Å². The van der Waals surface area contributed by atoms with Gasteiger partial charge in [0.1, 0.15) is 0 Å². The molecule has 0 fully saturated rings. The third kappa shape index (κ3) is 3.30. The van der Waals surface area contributed by atoms with Crippen molar-refractivity contribution in [1.29, 1.82) is 0 Å². The summed E-state index contributed by atoms with van der Waals surface area (Å²) in [6.45, 7) is 12.1. The van der Waals surface area contributed by atoms with Crippen molar-refractivity contribution >= 4 is 11.3 Å². The molecule has 1 heterocycles. The molecule has 98 valence electrons. The molecular formula is C14H26N2S. The first-order valence-corrected chi connectivity index (χ1v) is 7.46. The zero-order valence-corrected chi connectivity index (χ0v) is 12.6. The highest BCUT2D eigenvalue weighted by molar-refractivity contribution is 7.10. The predicted molar refractivity (Wildman–Crippen MR) is 77.6 cm³/mol. The number of rotatable bonds is 6. The number of nitrogens with zero attached hydrogens (tertiary/aromatic N) is 1. The maximum atomic E-state index is 6.23. The second-order valence-electron chi connectivity index (χ2n) is 4.86. The molecule has 3 unspecified atom stereocenters. The Labute approximate surface area is 110 Å². The van der Waals surface area contributed by atoms with Crippen LogP contribution < -0.4 is 5.73 Å². The molecular weight excluding hydrogens is 228 g/mol. The third-order valence-electron chi connectivity index (χ3n) is 3.55. The number of likely N-dealkylation sites (N-methyl/N-ethyl adjacent to an activating group) is 1. The smallest absolute Gasteiger partial charge is 0.0595 e. The van der Waals surface area contributed by atoms with E-state index < -0.39 is 0 Å². The summed E-state index contributed by atoms with van der Waals surface area (Å²) in [5, 5.41) is 2.17. The topological polar surface area (TPSA) is 29.3 Å². The van der Waals surface area contributed by atoms with Crippen LogP contribution in [0.3, 0.4) is 0 Å². The summed E-state index contributed by atoms with van der Waals surface area (Å²) in [4.78, 5) is 3.96. The van der Waals surface area contributed by atoms with Crippen LogP contribution in [0, 0.1) is 6.92 Å². The van der Waals surface area contributed by atoms with E-state index >= 15 is 0 Å². The van der Waals surface area contributed by atoms with E-state index in [1.165, 1.54) is 16.9 Å². The van der Waals surface area contributed by atoms with Crippen molar-refractivity contribution in [3.8, 4) is 0 Å². The van der Waals surface area contributed by atoms with Crippen LogP contribution in [0.5, 0.6) is 0 Å². The molecule has 0 aliphatic carbocycles. The van der Waals surface area contributed by atoms with E-state index in [4.69, 9.17) is 5.73 Å². The van der Waals surface area contributed by atoms with E-state index in [0.29, 0.717) is 12.1 Å². The second-order valence-corrected chi connectivity index (χ2v) is 5.81. The van der Waals surface area contributed by atoms with Crippen LogP contribution in [0.1, 0.15) is 50.6 Å². The van der Waals surface area contributed by atoms with Crippen molar-refractivity contribution in [2.45, 2.75) is 59.2 Å². The molecule has 17 heavy (non-hydrogen) atoms. The normalized spacial score (nSPS) is 17.1. The fraction of sp³-hybridized carbons (Fsp3) is 0.714. The predicted octanol–water partition coefficient (Wildman–Crippen LogP) is 3.57.